The Morgan fingerprint density at radius 1 is 1.22 bits per heavy atom. The first-order chi connectivity index (χ1) is 8.67. The van der Waals surface area contributed by atoms with E-state index >= 15 is 0 Å². The minimum Gasteiger partial charge on any atom is -0.496 e. The van der Waals surface area contributed by atoms with Crippen molar-refractivity contribution in [1.29, 1.82) is 0 Å². The van der Waals surface area contributed by atoms with E-state index in [0.717, 1.165) is 18.2 Å². The minimum atomic E-state index is 0.525. The van der Waals surface area contributed by atoms with E-state index in [1.54, 1.807) is 7.11 Å². The van der Waals surface area contributed by atoms with Crippen molar-refractivity contribution >= 4 is 0 Å². The molecule has 18 heavy (non-hydrogen) atoms. The van der Waals surface area contributed by atoms with Crippen LogP contribution in [0.2, 0.25) is 0 Å². The van der Waals surface area contributed by atoms with Crippen LogP contribution in [0.15, 0.2) is 12.1 Å². The third-order valence-electron chi connectivity index (χ3n) is 4.41. The Balaban J connectivity index is 2.32. The highest BCUT2D eigenvalue weighted by Crippen LogP contribution is 2.39. The van der Waals surface area contributed by atoms with Gasteiger partial charge in [0.25, 0.3) is 0 Å². The Bertz CT molecular complexity index is 408. The lowest BCUT2D eigenvalue weighted by Gasteiger charge is -2.25. The Morgan fingerprint density at radius 3 is 2.44 bits per heavy atom. The lowest BCUT2D eigenvalue weighted by atomic mass is 9.82. The summed E-state index contributed by atoms with van der Waals surface area (Å²) in [5.74, 6) is 2.29. The summed E-state index contributed by atoms with van der Waals surface area (Å²) in [7, 11) is 1.73. The van der Waals surface area contributed by atoms with Crippen molar-refractivity contribution in [2.45, 2.75) is 45.4 Å². The summed E-state index contributed by atoms with van der Waals surface area (Å²) in [6.45, 7) is 5.05. The first-order valence-corrected chi connectivity index (χ1v) is 7.02. The molecular formula is C16H25NO. The highest BCUT2D eigenvalue weighted by atomic mass is 16.5. The van der Waals surface area contributed by atoms with Crippen molar-refractivity contribution in [2.75, 3.05) is 13.7 Å². The zero-order valence-corrected chi connectivity index (χ0v) is 11.8. The van der Waals surface area contributed by atoms with Crippen molar-refractivity contribution in [1.82, 2.24) is 0 Å². The van der Waals surface area contributed by atoms with Crippen molar-refractivity contribution in [3.63, 3.8) is 0 Å². The molecule has 0 saturated heterocycles. The van der Waals surface area contributed by atoms with Crippen LogP contribution >= 0.6 is 0 Å². The van der Waals surface area contributed by atoms with E-state index in [4.69, 9.17) is 10.5 Å². The Labute approximate surface area is 111 Å². The lowest BCUT2D eigenvalue weighted by Crippen LogP contribution is -2.20. The number of ether oxygens (including phenoxy) is 1. The van der Waals surface area contributed by atoms with E-state index in [2.05, 4.69) is 26.0 Å². The fourth-order valence-electron chi connectivity index (χ4n) is 3.36. The molecule has 2 rings (SSSR count). The summed E-state index contributed by atoms with van der Waals surface area (Å²) < 4.78 is 5.39. The summed E-state index contributed by atoms with van der Waals surface area (Å²) in [6.07, 6.45) is 5.42. The van der Waals surface area contributed by atoms with Gasteiger partial charge in [-0.1, -0.05) is 18.9 Å². The molecule has 0 aliphatic heterocycles. The van der Waals surface area contributed by atoms with Gasteiger partial charge in [-0.05, 0) is 67.8 Å². The van der Waals surface area contributed by atoms with Gasteiger partial charge in [0.15, 0.2) is 0 Å². The summed E-state index contributed by atoms with van der Waals surface area (Å²) >= 11 is 0. The van der Waals surface area contributed by atoms with Gasteiger partial charge in [-0.15, -0.1) is 0 Å². The number of aryl methyl sites for hydroxylation is 2. The smallest absolute Gasteiger partial charge is 0.122 e. The minimum absolute atomic E-state index is 0.525. The van der Waals surface area contributed by atoms with Crippen LogP contribution in [0.4, 0.5) is 0 Å². The number of rotatable bonds is 4. The molecule has 2 heteroatoms. The van der Waals surface area contributed by atoms with E-state index in [1.165, 1.54) is 42.4 Å². The highest BCUT2D eigenvalue weighted by molar-refractivity contribution is 5.43. The molecule has 1 aliphatic carbocycles. The van der Waals surface area contributed by atoms with Crippen LogP contribution in [0.1, 0.15) is 48.3 Å². The Hall–Kier alpha value is -1.02. The Kier molecular flexibility index (Phi) is 4.28. The zero-order valence-electron chi connectivity index (χ0n) is 11.8. The standard InChI is InChI=1S/C16H25NO/c1-11-9-16(18-3)12(2)8-14(11)15(10-17)13-6-4-5-7-13/h8-9,13,15H,4-7,10,17H2,1-3H3. The quantitative estimate of drug-likeness (QED) is 0.883. The first-order valence-electron chi connectivity index (χ1n) is 7.02. The fourth-order valence-corrected chi connectivity index (χ4v) is 3.36. The number of hydrogen-bond donors (Lipinski definition) is 1. The average Bonchev–Trinajstić information content (AvgIpc) is 2.87. The number of methoxy groups -OCH3 is 1. The molecule has 1 unspecified atom stereocenters. The van der Waals surface area contributed by atoms with Crippen LogP contribution in [0.5, 0.6) is 5.75 Å². The molecule has 1 aliphatic rings. The predicted molar refractivity (Wildman–Crippen MR) is 76.2 cm³/mol. The number of benzene rings is 1. The Morgan fingerprint density at radius 2 is 1.89 bits per heavy atom. The van der Waals surface area contributed by atoms with Gasteiger partial charge in [-0.25, -0.2) is 0 Å². The van der Waals surface area contributed by atoms with E-state index in [0.29, 0.717) is 5.92 Å². The molecule has 0 bridgehead atoms. The van der Waals surface area contributed by atoms with Gasteiger partial charge < -0.3 is 10.5 Å². The summed E-state index contributed by atoms with van der Waals surface area (Å²) in [6, 6.07) is 4.44. The number of hydrogen-bond acceptors (Lipinski definition) is 2. The predicted octanol–water partition coefficient (Wildman–Crippen LogP) is 3.54. The summed E-state index contributed by atoms with van der Waals surface area (Å²) in [5, 5.41) is 0. The SMILES string of the molecule is COc1cc(C)c(C(CN)C2CCCC2)cc1C. The summed E-state index contributed by atoms with van der Waals surface area (Å²) in [4.78, 5) is 0. The van der Waals surface area contributed by atoms with Crippen molar-refractivity contribution < 1.29 is 4.74 Å². The molecule has 100 valence electrons. The monoisotopic (exact) mass is 247 g/mol. The van der Waals surface area contributed by atoms with Crippen molar-refractivity contribution in [2.24, 2.45) is 11.7 Å². The molecule has 0 amide bonds. The summed E-state index contributed by atoms with van der Waals surface area (Å²) in [5.41, 5.74) is 10.0. The fraction of sp³-hybridized carbons (Fsp3) is 0.625. The van der Waals surface area contributed by atoms with Gasteiger partial charge in [-0.2, -0.15) is 0 Å². The molecule has 0 aromatic heterocycles. The maximum atomic E-state index is 6.04. The van der Waals surface area contributed by atoms with Gasteiger partial charge in [0, 0.05) is 0 Å². The normalized spacial score (nSPS) is 18.0. The van der Waals surface area contributed by atoms with Crippen molar-refractivity contribution in [3.8, 4) is 5.75 Å². The zero-order chi connectivity index (χ0) is 13.1. The second kappa shape index (κ2) is 5.75. The van der Waals surface area contributed by atoms with Crippen LogP contribution in [-0.2, 0) is 0 Å². The molecule has 1 aromatic rings. The van der Waals surface area contributed by atoms with Gasteiger partial charge in [0.1, 0.15) is 5.75 Å². The molecular weight excluding hydrogens is 222 g/mol. The van der Waals surface area contributed by atoms with Crippen LogP contribution in [-0.4, -0.2) is 13.7 Å². The van der Waals surface area contributed by atoms with Gasteiger partial charge in [0.05, 0.1) is 7.11 Å². The van der Waals surface area contributed by atoms with Crippen LogP contribution < -0.4 is 10.5 Å². The molecule has 0 radical (unpaired) electrons. The molecule has 2 nitrogen and oxygen atoms in total. The molecule has 2 N–H and O–H groups in total. The molecule has 1 saturated carbocycles. The van der Waals surface area contributed by atoms with Gasteiger partial charge in [0.2, 0.25) is 0 Å². The van der Waals surface area contributed by atoms with Crippen LogP contribution in [0.3, 0.4) is 0 Å². The first kappa shape index (κ1) is 13.4. The molecule has 0 heterocycles. The largest absolute Gasteiger partial charge is 0.496 e. The van der Waals surface area contributed by atoms with Crippen LogP contribution in [0.25, 0.3) is 0 Å². The third kappa shape index (κ3) is 2.54. The maximum absolute atomic E-state index is 6.04. The van der Waals surface area contributed by atoms with Crippen molar-refractivity contribution in [3.05, 3.63) is 28.8 Å². The second-order valence-electron chi connectivity index (χ2n) is 5.57. The lowest BCUT2D eigenvalue weighted by molar-refractivity contribution is 0.408. The van der Waals surface area contributed by atoms with E-state index in [-0.39, 0.29) is 0 Å². The number of nitrogens with two attached hydrogens (primary N) is 1. The van der Waals surface area contributed by atoms with Gasteiger partial charge >= 0.3 is 0 Å². The second-order valence-corrected chi connectivity index (χ2v) is 5.57. The molecule has 1 fully saturated rings. The van der Waals surface area contributed by atoms with E-state index in [9.17, 15) is 0 Å². The third-order valence-corrected chi connectivity index (χ3v) is 4.41. The topological polar surface area (TPSA) is 35.2 Å². The van der Waals surface area contributed by atoms with E-state index in [1.807, 2.05) is 0 Å². The molecule has 1 aromatic carbocycles. The highest BCUT2D eigenvalue weighted by Gasteiger charge is 2.26. The van der Waals surface area contributed by atoms with Crippen LogP contribution in [0, 0.1) is 19.8 Å². The van der Waals surface area contributed by atoms with E-state index < -0.39 is 0 Å². The van der Waals surface area contributed by atoms with Gasteiger partial charge in [-0.3, -0.25) is 0 Å². The average molecular weight is 247 g/mol. The molecule has 0 spiro atoms. The maximum Gasteiger partial charge on any atom is 0.122 e. The molecule has 1 atom stereocenters.